The predicted molar refractivity (Wildman–Crippen MR) is 82.3 cm³/mol. The lowest BCUT2D eigenvalue weighted by atomic mass is 9.98. The zero-order valence-electron chi connectivity index (χ0n) is 12.0. The number of nitrogens with zero attached hydrogens (tertiary/aromatic N) is 3. The summed E-state index contributed by atoms with van der Waals surface area (Å²) in [6.07, 6.45) is 3.39. The second-order valence-electron chi connectivity index (χ2n) is 5.43. The van der Waals surface area contributed by atoms with Crippen molar-refractivity contribution in [3.05, 3.63) is 33.9 Å². The van der Waals surface area contributed by atoms with Gasteiger partial charge in [-0.05, 0) is 18.9 Å². The zero-order valence-corrected chi connectivity index (χ0v) is 12.8. The largest absolute Gasteiger partial charge is 0.393 e. The van der Waals surface area contributed by atoms with Crippen LogP contribution in [0.4, 0.5) is 15.8 Å². The van der Waals surface area contributed by atoms with E-state index in [1.54, 1.807) is 0 Å². The van der Waals surface area contributed by atoms with Crippen LogP contribution < -0.4 is 11.5 Å². The molecule has 1 saturated carbocycles. The molecule has 1 aliphatic carbocycles. The van der Waals surface area contributed by atoms with Gasteiger partial charge in [0.05, 0.1) is 22.1 Å². The minimum absolute atomic E-state index is 0. The molecule has 1 aliphatic rings. The summed E-state index contributed by atoms with van der Waals surface area (Å²) >= 11 is 0. The van der Waals surface area contributed by atoms with Crippen LogP contribution in [0.1, 0.15) is 31.5 Å². The molecule has 4 N–H and O–H groups in total. The highest BCUT2D eigenvalue weighted by Gasteiger charge is 2.36. The average Bonchev–Trinajstić information content (AvgIpc) is 3.10. The maximum Gasteiger partial charge on any atom is 0.295 e. The second-order valence-corrected chi connectivity index (χ2v) is 5.43. The summed E-state index contributed by atoms with van der Waals surface area (Å²) in [4.78, 5) is 14.3. The number of rotatable bonds is 3. The number of aromatic nitrogens is 2. The molecular formula is C13H15ClFN5O3. The van der Waals surface area contributed by atoms with Gasteiger partial charge in [0.2, 0.25) is 0 Å². The fraction of sp³-hybridized carbons (Fsp3) is 0.385. The van der Waals surface area contributed by atoms with Gasteiger partial charge in [-0.1, -0.05) is 18.0 Å². The molecule has 2 aromatic rings. The number of anilines is 1. The number of nitro benzene ring substituents is 1. The smallest absolute Gasteiger partial charge is 0.295 e. The molecule has 0 unspecified atom stereocenters. The highest BCUT2D eigenvalue weighted by atomic mass is 35.5. The minimum Gasteiger partial charge on any atom is -0.393 e. The van der Waals surface area contributed by atoms with Crippen molar-refractivity contribution in [1.82, 2.24) is 10.1 Å². The summed E-state index contributed by atoms with van der Waals surface area (Å²) < 4.78 is 18.7. The van der Waals surface area contributed by atoms with Crippen molar-refractivity contribution < 1.29 is 13.8 Å². The maximum atomic E-state index is 13.6. The number of hydrogen-bond donors (Lipinski definition) is 2. The number of nitro groups is 1. The van der Waals surface area contributed by atoms with Crippen LogP contribution in [0.25, 0.3) is 11.5 Å². The molecule has 0 aliphatic heterocycles. The molecule has 0 spiro atoms. The predicted octanol–water partition coefficient (Wildman–Crippen LogP) is 2.52. The molecule has 10 heteroatoms. The molecular weight excluding hydrogens is 329 g/mol. The number of nitrogen functional groups attached to an aromatic ring is 1. The Morgan fingerprint density at radius 2 is 2.00 bits per heavy atom. The molecule has 3 rings (SSSR count). The summed E-state index contributed by atoms with van der Waals surface area (Å²) in [5, 5.41) is 14.7. The lowest BCUT2D eigenvalue weighted by Crippen LogP contribution is -2.34. The first-order valence-corrected chi connectivity index (χ1v) is 6.77. The first-order valence-electron chi connectivity index (χ1n) is 6.77. The molecule has 23 heavy (non-hydrogen) atoms. The molecule has 124 valence electrons. The van der Waals surface area contributed by atoms with E-state index in [-0.39, 0.29) is 29.5 Å². The molecule has 0 radical (unpaired) electrons. The summed E-state index contributed by atoms with van der Waals surface area (Å²) in [5.74, 6) is -0.572. The van der Waals surface area contributed by atoms with Crippen molar-refractivity contribution in [1.29, 1.82) is 0 Å². The van der Waals surface area contributed by atoms with E-state index in [4.69, 9.17) is 16.0 Å². The third-order valence-corrected chi connectivity index (χ3v) is 3.92. The molecule has 0 saturated heterocycles. The van der Waals surface area contributed by atoms with Gasteiger partial charge in [0.25, 0.3) is 11.6 Å². The number of hydrogen-bond acceptors (Lipinski definition) is 7. The van der Waals surface area contributed by atoms with Gasteiger partial charge in [-0.2, -0.15) is 4.98 Å². The van der Waals surface area contributed by atoms with Crippen molar-refractivity contribution in [3.63, 3.8) is 0 Å². The summed E-state index contributed by atoms with van der Waals surface area (Å²) in [6.45, 7) is 0. The van der Waals surface area contributed by atoms with E-state index in [9.17, 15) is 14.5 Å². The highest BCUT2D eigenvalue weighted by Crippen LogP contribution is 2.37. The monoisotopic (exact) mass is 343 g/mol. The fourth-order valence-electron chi connectivity index (χ4n) is 2.70. The molecule has 0 atom stereocenters. The van der Waals surface area contributed by atoms with E-state index in [0.717, 1.165) is 37.8 Å². The first kappa shape index (κ1) is 17.1. The Balaban J connectivity index is 0.00000192. The molecule has 0 amide bonds. The van der Waals surface area contributed by atoms with Gasteiger partial charge in [0.15, 0.2) is 5.82 Å². The van der Waals surface area contributed by atoms with Crippen molar-refractivity contribution in [2.24, 2.45) is 5.73 Å². The van der Waals surface area contributed by atoms with Crippen molar-refractivity contribution >= 4 is 23.8 Å². The summed E-state index contributed by atoms with van der Waals surface area (Å²) in [5.41, 5.74) is 10.5. The van der Waals surface area contributed by atoms with Crippen LogP contribution in [0.15, 0.2) is 16.7 Å². The van der Waals surface area contributed by atoms with Gasteiger partial charge >= 0.3 is 0 Å². The molecule has 1 fully saturated rings. The van der Waals surface area contributed by atoms with Crippen LogP contribution in [-0.2, 0) is 5.54 Å². The normalized spacial score (nSPS) is 16.1. The summed E-state index contributed by atoms with van der Waals surface area (Å²) in [6, 6.07) is 1.77. The lowest BCUT2D eigenvalue weighted by molar-refractivity contribution is -0.384. The average molecular weight is 344 g/mol. The quantitative estimate of drug-likeness (QED) is 0.496. The molecule has 1 heterocycles. The van der Waals surface area contributed by atoms with Gasteiger partial charge in [-0.25, -0.2) is 4.39 Å². The Morgan fingerprint density at radius 1 is 1.35 bits per heavy atom. The Kier molecular flexibility index (Phi) is 4.53. The van der Waals surface area contributed by atoms with Gasteiger partial charge in [0, 0.05) is 0 Å². The van der Waals surface area contributed by atoms with E-state index in [0.29, 0.717) is 5.82 Å². The zero-order chi connectivity index (χ0) is 15.9. The van der Waals surface area contributed by atoms with Crippen LogP contribution in [0, 0.1) is 15.9 Å². The Morgan fingerprint density at radius 3 is 2.61 bits per heavy atom. The van der Waals surface area contributed by atoms with E-state index < -0.39 is 22.0 Å². The number of nitrogens with two attached hydrogens (primary N) is 2. The van der Waals surface area contributed by atoms with Gasteiger partial charge in [-0.3, -0.25) is 10.1 Å². The van der Waals surface area contributed by atoms with Gasteiger partial charge in [-0.15, -0.1) is 12.4 Å². The number of benzene rings is 1. The molecule has 1 aromatic heterocycles. The van der Waals surface area contributed by atoms with Crippen molar-refractivity contribution in [3.8, 4) is 11.5 Å². The maximum absolute atomic E-state index is 13.6. The standard InChI is InChI=1S/C13H14FN5O3.ClH/c14-7-5-8(10(15)9(6-7)19(20)21)11-17-12(18-22-11)13(16)3-1-2-4-13;/h5-6H,1-4,15-16H2;1H. The number of halogens is 2. The van der Waals surface area contributed by atoms with E-state index in [2.05, 4.69) is 10.1 Å². The first-order chi connectivity index (χ1) is 10.4. The minimum atomic E-state index is -0.807. The van der Waals surface area contributed by atoms with E-state index in [1.807, 2.05) is 0 Å². The molecule has 1 aromatic carbocycles. The Labute approximate surface area is 136 Å². The van der Waals surface area contributed by atoms with Crippen LogP contribution in [-0.4, -0.2) is 15.1 Å². The topological polar surface area (TPSA) is 134 Å². The second kappa shape index (κ2) is 6.09. The van der Waals surface area contributed by atoms with Crippen molar-refractivity contribution in [2.45, 2.75) is 31.2 Å². The van der Waals surface area contributed by atoms with Crippen LogP contribution >= 0.6 is 12.4 Å². The van der Waals surface area contributed by atoms with Crippen molar-refractivity contribution in [2.75, 3.05) is 5.73 Å². The third-order valence-electron chi connectivity index (χ3n) is 3.92. The molecule has 8 nitrogen and oxygen atoms in total. The van der Waals surface area contributed by atoms with Crippen LogP contribution in [0.2, 0.25) is 0 Å². The highest BCUT2D eigenvalue weighted by molar-refractivity contribution is 5.85. The SMILES string of the molecule is Cl.Nc1c(-c2nc(C3(N)CCCC3)no2)cc(F)cc1[N+](=O)[O-]. The van der Waals surface area contributed by atoms with E-state index >= 15 is 0 Å². The van der Waals surface area contributed by atoms with Gasteiger partial charge < -0.3 is 16.0 Å². The third kappa shape index (κ3) is 2.97. The fourth-order valence-corrected chi connectivity index (χ4v) is 2.70. The summed E-state index contributed by atoms with van der Waals surface area (Å²) in [7, 11) is 0. The van der Waals surface area contributed by atoms with E-state index in [1.165, 1.54) is 0 Å². The van der Waals surface area contributed by atoms with Gasteiger partial charge in [0.1, 0.15) is 11.5 Å². The Bertz CT molecular complexity index is 745. The molecule has 0 bridgehead atoms. The lowest BCUT2D eigenvalue weighted by Gasteiger charge is -2.17. The van der Waals surface area contributed by atoms with Crippen LogP contribution in [0.3, 0.4) is 0 Å². The van der Waals surface area contributed by atoms with Crippen LogP contribution in [0.5, 0.6) is 0 Å². The Hall–Kier alpha value is -2.26.